The number of aromatic nitrogens is 1. The molecule has 1 atom stereocenters. The summed E-state index contributed by atoms with van der Waals surface area (Å²) in [5.74, 6) is -0.267. The predicted octanol–water partition coefficient (Wildman–Crippen LogP) is 4.03. The lowest BCUT2D eigenvalue weighted by Crippen LogP contribution is -2.07. The van der Waals surface area contributed by atoms with Crippen LogP contribution in [-0.4, -0.2) is 15.9 Å². The number of nitrogens with zero attached hydrogens (tertiary/aromatic N) is 1. The molecule has 0 aliphatic heterocycles. The lowest BCUT2D eigenvalue weighted by Gasteiger charge is -2.10. The minimum absolute atomic E-state index is 0. The Hall–Kier alpha value is -2.14. The summed E-state index contributed by atoms with van der Waals surface area (Å²) in [6.07, 6.45) is 3.36. The van der Waals surface area contributed by atoms with Crippen molar-refractivity contribution in [3.8, 4) is 5.75 Å². The van der Waals surface area contributed by atoms with Crippen molar-refractivity contribution in [3.63, 3.8) is 0 Å². The van der Waals surface area contributed by atoms with E-state index in [1.807, 2.05) is 19.1 Å². The zero-order chi connectivity index (χ0) is 15.7. The lowest BCUT2D eigenvalue weighted by atomic mass is 9.96. The van der Waals surface area contributed by atoms with Crippen molar-refractivity contribution in [1.29, 1.82) is 0 Å². The van der Waals surface area contributed by atoms with Gasteiger partial charge < -0.3 is 10.8 Å². The molecular formula is C18H18Cl2N2O2. The molecule has 3 rings (SSSR count). The van der Waals surface area contributed by atoms with Crippen LogP contribution in [0.4, 0.5) is 0 Å². The summed E-state index contributed by atoms with van der Waals surface area (Å²) in [5.41, 5.74) is 7.40. The molecule has 4 nitrogen and oxygen atoms in total. The van der Waals surface area contributed by atoms with Gasteiger partial charge in [-0.3, -0.25) is 9.78 Å². The third-order valence-electron chi connectivity index (χ3n) is 3.72. The summed E-state index contributed by atoms with van der Waals surface area (Å²) in [6, 6.07) is 12.0. The molecular weight excluding hydrogens is 347 g/mol. The molecule has 0 spiro atoms. The number of benzene rings is 2. The standard InChI is InChI=1S/C18H16N2O2.2ClH/c1-11(19)12-5-6-16(17(21)9-12)18(22)15-4-2-3-13-10-20-8-7-14(13)15;;/h2-11,21H,19H2,1H3;2*1H. The van der Waals surface area contributed by atoms with Gasteiger partial charge >= 0.3 is 0 Å². The van der Waals surface area contributed by atoms with Crippen LogP contribution in [0.15, 0.2) is 54.9 Å². The van der Waals surface area contributed by atoms with Crippen LogP contribution < -0.4 is 5.73 Å². The number of halogens is 2. The molecule has 3 N–H and O–H groups in total. The van der Waals surface area contributed by atoms with Gasteiger partial charge in [-0.25, -0.2) is 0 Å². The maximum absolute atomic E-state index is 12.8. The van der Waals surface area contributed by atoms with Gasteiger partial charge in [-0.05, 0) is 36.1 Å². The van der Waals surface area contributed by atoms with Crippen molar-refractivity contribution in [3.05, 3.63) is 71.5 Å². The Morgan fingerprint density at radius 1 is 1.12 bits per heavy atom. The number of carbonyl (C=O) groups excluding carboxylic acids is 1. The van der Waals surface area contributed by atoms with E-state index in [0.717, 1.165) is 16.3 Å². The molecule has 1 heterocycles. The molecule has 1 unspecified atom stereocenters. The number of hydrogen-bond acceptors (Lipinski definition) is 4. The van der Waals surface area contributed by atoms with Gasteiger partial charge in [0, 0.05) is 29.4 Å². The third kappa shape index (κ3) is 3.67. The fourth-order valence-electron chi connectivity index (χ4n) is 2.49. The molecule has 0 bridgehead atoms. The van der Waals surface area contributed by atoms with E-state index in [-0.39, 0.29) is 48.0 Å². The molecule has 0 amide bonds. The van der Waals surface area contributed by atoms with Crippen LogP contribution >= 0.6 is 24.8 Å². The second kappa shape index (κ2) is 8.11. The number of ketones is 1. The van der Waals surface area contributed by atoms with Gasteiger partial charge in [0.1, 0.15) is 5.75 Å². The van der Waals surface area contributed by atoms with E-state index in [1.54, 1.807) is 42.7 Å². The van der Waals surface area contributed by atoms with E-state index < -0.39 is 0 Å². The van der Waals surface area contributed by atoms with Crippen molar-refractivity contribution in [1.82, 2.24) is 4.98 Å². The second-order valence-electron chi connectivity index (χ2n) is 5.30. The Bertz CT molecular complexity index is 861. The lowest BCUT2D eigenvalue weighted by molar-refractivity contribution is 0.103. The molecule has 6 heteroatoms. The minimum Gasteiger partial charge on any atom is -0.507 e. The highest BCUT2D eigenvalue weighted by Crippen LogP contribution is 2.27. The Morgan fingerprint density at radius 3 is 2.54 bits per heavy atom. The quantitative estimate of drug-likeness (QED) is 0.687. The van der Waals surface area contributed by atoms with Crippen molar-refractivity contribution >= 4 is 41.4 Å². The molecule has 24 heavy (non-hydrogen) atoms. The fraction of sp³-hybridized carbons (Fsp3) is 0.111. The van der Waals surface area contributed by atoms with Crippen LogP contribution in [0.3, 0.4) is 0 Å². The van der Waals surface area contributed by atoms with Crippen molar-refractivity contribution < 1.29 is 9.90 Å². The molecule has 0 radical (unpaired) electrons. The minimum atomic E-state index is -0.217. The molecule has 3 aromatic rings. The summed E-state index contributed by atoms with van der Waals surface area (Å²) in [4.78, 5) is 16.8. The van der Waals surface area contributed by atoms with Gasteiger partial charge in [0.25, 0.3) is 0 Å². The second-order valence-corrected chi connectivity index (χ2v) is 5.30. The number of carbonyl (C=O) groups is 1. The van der Waals surface area contributed by atoms with Crippen LogP contribution in [0.5, 0.6) is 5.75 Å². The number of nitrogens with two attached hydrogens (primary N) is 1. The number of phenols is 1. The maximum Gasteiger partial charge on any atom is 0.197 e. The molecule has 0 saturated heterocycles. The van der Waals surface area contributed by atoms with Crippen molar-refractivity contribution in [2.75, 3.05) is 0 Å². The first kappa shape index (κ1) is 19.9. The topological polar surface area (TPSA) is 76.2 Å². The zero-order valence-corrected chi connectivity index (χ0v) is 14.6. The molecule has 0 aliphatic carbocycles. The number of rotatable bonds is 3. The van der Waals surface area contributed by atoms with E-state index in [1.165, 1.54) is 0 Å². The number of pyridine rings is 1. The molecule has 0 fully saturated rings. The Kier molecular flexibility index (Phi) is 6.72. The summed E-state index contributed by atoms with van der Waals surface area (Å²) in [5, 5.41) is 11.9. The van der Waals surface area contributed by atoms with E-state index >= 15 is 0 Å². The summed E-state index contributed by atoms with van der Waals surface area (Å²) in [7, 11) is 0. The smallest absolute Gasteiger partial charge is 0.197 e. The first-order valence-electron chi connectivity index (χ1n) is 7.04. The van der Waals surface area contributed by atoms with Crippen LogP contribution in [-0.2, 0) is 0 Å². The SMILES string of the molecule is CC(N)c1ccc(C(=O)c2cccc3cnccc23)c(O)c1.Cl.Cl. The molecule has 1 aromatic heterocycles. The third-order valence-corrected chi connectivity index (χ3v) is 3.72. The van der Waals surface area contributed by atoms with Gasteiger partial charge in [0.15, 0.2) is 5.78 Å². The first-order chi connectivity index (χ1) is 10.6. The normalized spacial score (nSPS) is 11.2. The van der Waals surface area contributed by atoms with E-state index in [0.29, 0.717) is 5.56 Å². The molecule has 126 valence electrons. The molecule has 0 saturated carbocycles. The Labute approximate surface area is 152 Å². The number of phenolic OH excluding ortho intramolecular Hbond substituents is 1. The first-order valence-corrected chi connectivity index (χ1v) is 7.04. The van der Waals surface area contributed by atoms with Gasteiger partial charge in [-0.1, -0.05) is 24.3 Å². The maximum atomic E-state index is 12.8. The summed E-state index contributed by atoms with van der Waals surface area (Å²) >= 11 is 0. The molecule has 0 aliphatic rings. The van der Waals surface area contributed by atoms with E-state index in [4.69, 9.17) is 5.73 Å². The van der Waals surface area contributed by atoms with Crippen LogP contribution in [0, 0.1) is 0 Å². The molecule has 2 aromatic carbocycles. The van der Waals surface area contributed by atoms with Gasteiger partial charge in [0.2, 0.25) is 0 Å². The Morgan fingerprint density at radius 2 is 1.88 bits per heavy atom. The average molecular weight is 365 g/mol. The van der Waals surface area contributed by atoms with Crippen molar-refractivity contribution in [2.24, 2.45) is 5.73 Å². The van der Waals surface area contributed by atoms with Gasteiger partial charge in [-0.2, -0.15) is 0 Å². The fourth-order valence-corrected chi connectivity index (χ4v) is 2.49. The van der Waals surface area contributed by atoms with Crippen molar-refractivity contribution in [2.45, 2.75) is 13.0 Å². The van der Waals surface area contributed by atoms with E-state index in [2.05, 4.69) is 4.98 Å². The monoisotopic (exact) mass is 364 g/mol. The summed E-state index contributed by atoms with van der Waals surface area (Å²) < 4.78 is 0. The van der Waals surface area contributed by atoms with Gasteiger partial charge in [-0.15, -0.1) is 24.8 Å². The van der Waals surface area contributed by atoms with Crippen LogP contribution in [0.25, 0.3) is 10.8 Å². The highest BCUT2D eigenvalue weighted by atomic mass is 35.5. The number of fused-ring (bicyclic) bond motifs is 1. The number of aromatic hydroxyl groups is 1. The van der Waals surface area contributed by atoms with Crippen LogP contribution in [0.1, 0.15) is 34.5 Å². The summed E-state index contributed by atoms with van der Waals surface area (Å²) in [6.45, 7) is 1.83. The largest absolute Gasteiger partial charge is 0.507 e. The van der Waals surface area contributed by atoms with E-state index in [9.17, 15) is 9.90 Å². The van der Waals surface area contributed by atoms with Crippen LogP contribution in [0.2, 0.25) is 0 Å². The average Bonchev–Trinajstić information content (AvgIpc) is 2.53. The highest BCUT2D eigenvalue weighted by molar-refractivity contribution is 6.17. The zero-order valence-electron chi connectivity index (χ0n) is 13.0. The number of hydrogen-bond donors (Lipinski definition) is 2. The highest BCUT2D eigenvalue weighted by Gasteiger charge is 2.17. The predicted molar refractivity (Wildman–Crippen MR) is 100 cm³/mol. The van der Waals surface area contributed by atoms with Gasteiger partial charge in [0.05, 0.1) is 5.56 Å². The Balaban J connectivity index is 0.00000144.